The van der Waals surface area contributed by atoms with E-state index in [4.69, 9.17) is 0 Å². The molecule has 0 saturated heterocycles. The first-order valence-corrected chi connectivity index (χ1v) is 17.0. The van der Waals surface area contributed by atoms with Crippen LogP contribution in [-0.4, -0.2) is 47.3 Å². The van der Waals surface area contributed by atoms with Crippen molar-refractivity contribution in [3.63, 3.8) is 0 Å². The molecule has 0 aliphatic carbocycles. The zero-order chi connectivity index (χ0) is 31.7. The molecule has 12 nitrogen and oxygen atoms in total. The second kappa shape index (κ2) is 16.3. The molecule has 1 aliphatic rings. The molecule has 1 aliphatic heterocycles. The number of allylic oxidation sites excluding steroid dienone is 6. The molecule has 18 heteroatoms. The maximum Gasteiger partial charge on any atom is 1.00 e. The number of nitrogens with one attached hydrogen (secondary N) is 1. The smallest absolute Gasteiger partial charge is 0.744 e. The maximum atomic E-state index is 13.0. The van der Waals surface area contributed by atoms with Crippen LogP contribution in [0.3, 0.4) is 0 Å². The molecule has 1 aromatic heterocycles. The van der Waals surface area contributed by atoms with Crippen LogP contribution in [0.15, 0.2) is 98.1 Å². The van der Waals surface area contributed by atoms with Crippen molar-refractivity contribution in [2.24, 2.45) is 5.10 Å². The predicted octanol–water partition coefficient (Wildman–Crippen LogP) is -2.03. The zero-order valence-corrected chi connectivity index (χ0v) is 34.1. The standard InChI is InChI=1S/C27H22I2N4O8S2.2Na/c1-16-20(26(34)32(30-16)24-12-10-18(14-22(24)28)42(36,37)38)8-6-4-3-5-7-9-21-17(2)31-33(27(21)35)25-13-11-19(15-23(25)29)43(39,40)41;;/h3-15,30H,1-2H3,(H,36,37,38)(H,39,40,41);;/q;2*+1/p-2/b4-3+,7-5+,8-6+,21-9-;;/i28-3,29-3;;. The van der Waals surface area contributed by atoms with E-state index in [0.717, 1.165) is 17.1 Å². The van der Waals surface area contributed by atoms with Crippen molar-refractivity contribution < 1.29 is 89.9 Å². The van der Waals surface area contributed by atoms with E-state index in [1.807, 2.05) is 45.2 Å². The molecule has 45 heavy (non-hydrogen) atoms. The molecule has 1 amide bonds. The van der Waals surface area contributed by atoms with E-state index in [1.54, 1.807) is 56.4 Å². The number of benzene rings is 2. The van der Waals surface area contributed by atoms with Crippen molar-refractivity contribution in [1.82, 2.24) is 9.78 Å². The van der Waals surface area contributed by atoms with Gasteiger partial charge in [-0.2, -0.15) is 10.1 Å². The van der Waals surface area contributed by atoms with E-state index in [9.17, 15) is 35.5 Å². The Labute approximate surface area is 330 Å². The summed E-state index contributed by atoms with van der Waals surface area (Å²) < 4.78 is 69.7. The van der Waals surface area contributed by atoms with Crippen LogP contribution in [0.4, 0.5) is 5.69 Å². The van der Waals surface area contributed by atoms with E-state index >= 15 is 0 Å². The first-order chi connectivity index (χ1) is 20.1. The number of hydrazone groups is 1. The normalized spacial score (nSPS) is 14.9. The largest absolute Gasteiger partial charge is 1.00 e. The van der Waals surface area contributed by atoms with Crippen molar-refractivity contribution >= 4 is 88.8 Å². The van der Waals surface area contributed by atoms with Crippen LogP contribution in [0, 0.1) is 14.1 Å². The van der Waals surface area contributed by atoms with Crippen LogP contribution in [0.1, 0.15) is 18.2 Å². The summed E-state index contributed by atoms with van der Waals surface area (Å²) in [5, 5.41) is 8.34. The fraction of sp³-hybridized carbons (Fsp3) is 0.0741. The first-order valence-electron chi connectivity index (χ1n) is 12.0. The van der Waals surface area contributed by atoms with Gasteiger partial charge >= 0.3 is 59.1 Å². The Morgan fingerprint density at radius 3 is 1.84 bits per heavy atom. The van der Waals surface area contributed by atoms with Crippen LogP contribution in [0.2, 0.25) is 0 Å². The van der Waals surface area contributed by atoms with Crippen molar-refractivity contribution in [1.29, 1.82) is 0 Å². The molecule has 0 unspecified atom stereocenters. The Morgan fingerprint density at radius 1 is 0.800 bits per heavy atom. The van der Waals surface area contributed by atoms with Gasteiger partial charge in [0.2, 0.25) is 0 Å². The number of aryl methyl sites for hydroxylation is 1. The SMILES string of the molecule is CC1=NN(c2ccc(S(=O)(=O)[O-])cc2[124I])C(=O)\C1=C/C=C/C=C/C=C/c1c(C)[nH]n(-c2ccc(S(=O)(=O)[O-])cc2[124I])c1=O.[Na+].[Na+]. The molecule has 0 atom stereocenters. The van der Waals surface area contributed by atoms with Crippen LogP contribution in [-0.2, 0) is 25.0 Å². The van der Waals surface area contributed by atoms with Gasteiger partial charge in [-0.15, -0.1) is 0 Å². The van der Waals surface area contributed by atoms with E-state index < -0.39 is 31.0 Å². The second-order valence-electron chi connectivity index (χ2n) is 8.94. The number of carbonyl (C=O) groups is 1. The molecule has 4 rings (SSSR count). The number of amides is 1. The molecule has 0 saturated carbocycles. The Bertz CT molecular complexity index is 2080. The maximum absolute atomic E-state index is 13.0. The Morgan fingerprint density at radius 2 is 1.31 bits per heavy atom. The molecule has 0 bridgehead atoms. The molecular formula is C27H20I2N4Na2O8S2. The van der Waals surface area contributed by atoms with E-state index in [0.29, 0.717) is 41.1 Å². The van der Waals surface area contributed by atoms with Gasteiger partial charge in [0.25, 0.3) is 11.5 Å². The quantitative estimate of drug-likeness (QED) is 0.0884. The molecule has 1 N–H and O–H groups in total. The second-order valence-corrected chi connectivity index (χ2v) is 14.0. The van der Waals surface area contributed by atoms with Crippen molar-refractivity contribution in [2.45, 2.75) is 23.6 Å². The molecular weight excluding hydrogens is 866 g/mol. The van der Waals surface area contributed by atoms with Gasteiger partial charge in [-0.3, -0.25) is 14.7 Å². The summed E-state index contributed by atoms with van der Waals surface area (Å²) in [5.41, 5.74) is 2.11. The minimum absolute atomic E-state index is 0. The van der Waals surface area contributed by atoms with Gasteiger partial charge in [0.1, 0.15) is 20.2 Å². The zero-order valence-electron chi connectivity index (χ0n) is 24.2. The number of aromatic nitrogens is 2. The molecule has 0 fully saturated rings. The van der Waals surface area contributed by atoms with Crippen molar-refractivity contribution in [2.75, 3.05) is 5.01 Å². The van der Waals surface area contributed by atoms with Crippen molar-refractivity contribution in [3.8, 4) is 5.69 Å². The van der Waals surface area contributed by atoms with Gasteiger partial charge in [-0.05, 0) is 108 Å². The van der Waals surface area contributed by atoms with Crippen molar-refractivity contribution in [3.05, 3.63) is 107 Å². The summed E-state index contributed by atoms with van der Waals surface area (Å²) in [4.78, 5) is 25.1. The van der Waals surface area contributed by atoms with Crippen LogP contribution >= 0.6 is 45.2 Å². The monoisotopic (exact) mass is 886 g/mol. The molecule has 224 valence electrons. The number of H-pyrrole nitrogens is 1. The van der Waals surface area contributed by atoms with Crippen LogP contribution < -0.4 is 69.7 Å². The van der Waals surface area contributed by atoms with Gasteiger partial charge in [0, 0.05) is 12.8 Å². The molecule has 3 aromatic rings. The average Bonchev–Trinajstić information content (AvgIpc) is 3.35. The third kappa shape index (κ3) is 9.47. The van der Waals surface area contributed by atoms with Gasteiger partial charge in [-0.25, -0.2) is 21.5 Å². The summed E-state index contributed by atoms with van der Waals surface area (Å²) in [5.74, 6) is -0.417. The third-order valence-electron chi connectivity index (χ3n) is 6.03. The summed E-state index contributed by atoms with van der Waals surface area (Å²) in [6.45, 7) is 3.37. The van der Waals surface area contributed by atoms with Gasteiger partial charge in [0.15, 0.2) is 0 Å². The Balaban J connectivity index is 0.00000353. The number of rotatable bonds is 8. The predicted molar refractivity (Wildman–Crippen MR) is 175 cm³/mol. The number of anilines is 1. The topological polar surface area (TPSA) is 185 Å². The number of hydrogen-bond donors (Lipinski definition) is 1. The number of halogens is 2. The van der Waals surface area contributed by atoms with E-state index in [1.165, 1.54) is 28.9 Å². The number of carbonyl (C=O) groups excluding carboxylic acids is 1. The summed E-state index contributed by atoms with van der Waals surface area (Å²) in [7, 11) is -9.25. The average molecular weight is 886 g/mol. The number of aromatic amines is 1. The molecule has 2 heterocycles. The minimum atomic E-state index is -4.63. The molecule has 0 radical (unpaired) electrons. The van der Waals surface area contributed by atoms with Gasteiger partial charge in [-0.1, -0.05) is 30.4 Å². The van der Waals surface area contributed by atoms with Gasteiger partial charge in [0.05, 0.1) is 38.0 Å². The Hall–Kier alpha value is -1.17. The van der Waals surface area contributed by atoms with E-state index in [2.05, 4.69) is 10.2 Å². The third-order valence-corrected chi connectivity index (χ3v) is 9.43. The fourth-order valence-corrected chi connectivity index (χ4v) is 6.85. The van der Waals surface area contributed by atoms with E-state index in [-0.39, 0.29) is 69.6 Å². The van der Waals surface area contributed by atoms with Crippen LogP contribution in [0.25, 0.3) is 11.8 Å². The Kier molecular flexibility index (Phi) is 14.5. The van der Waals surface area contributed by atoms with Gasteiger partial charge < -0.3 is 9.11 Å². The summed E-state index contributed by atoms with van der Waals surface area (Å²) >= 11 is 3.69. The van der Waals surface area contributed by atoms with Crippen LogP contribution in [0.5, 0.6) is 0 Å². The number of hydrogen-bond acceptors (Lipinski definition) is 9. The number of nitrogens with zero attached hydrogens (tertiary/aromatic N) is 3. The molecule has 0 spiro atoms. The fourth-order valence-electron chi connectivity index (χ4n) is 3.93. The first kappa shape index (κ1) is 40.0. The summed E-state index contributed by atoms with van der Waals surface area (Å²) in [6, 6.07) is 7.40. The summed E-state index contributed by atoms with van der Waals surface area (Å²) in [6.07, 6.45) is 11.5. The minimum Gasteiger partial charge on any atom is -0.744 e. The molecule has 2 aromatic carbocycles.